The fourth-order valence-corrected chi connectivity index (χ4v) is 2.70. The van der Waals surface area contributed by atoms with Gasteiger partial charge in [0.1, 0.15) is 11.9 Å². The van der Waals surface area contributed by atoms with Crippen LogP contribution in [0.3, 0.4) is 0 Å². The number of methoxy groups -OCH3 is 1. The monoisotopic (exact) mass is 298 g/mol. The number of benzene rings is 1. The van der Waals surface area contributed by atoms with Gasteiger partial charge in [-0.05, 0) is 42.8 Å². The molecule has 0 aliphatic carbocycles. The number of rotatable bonds is 5. The highest BCUT2D eigenvalue weighted by atomic mass is 28.4. The van der Waals surface area contributed by atoms with Crippen molar-refractivity contribution in [3.8, 4) is 11.5 Å². The van der Waals surface area contributed by atoms with Crippen LogP contribution in [0.15, 0.2) is 18.2 Å². The maximum absolute atomic E-state index is 13.1. The maximum Gasteiger partial charge on any atom is 0.250 e. The first kappa shape index (κ1) is 17.0. The molecule has 1 aromatic carbocycles. The van der Waals surface area contributed by atoms with Crippen LogP contribution in [-0.2, 0) is 6.42 Å². The zero-order valence-electron chi connectivity index (χ0n) is 13.7. The van der Waals surface area contributed by atoms with Gasteiger partial charge in [0.25, 0.3) is 8.32 Å². The van der Waals surface area contributed by atoms with Gasteiger partial charge in [-0.25, -0.2) is 4.39 Å². The third-order valence-electron chi connectivity index (χ3n) is 3.92. The van der Waals surface area contributed by atoms with Crippen LogP contribution in [0.25, 0.3) is 0 Å². The average Bonchev–Trinajstić information content (AvgIpc) is 2.28. The Bertz CT molecular complexity index is 450. The fraction of sp³-hybridized carbons (Fsp3) is 0.625. The van der Waals surface area contributed by atoms with E-state index in [1.807, 2.05) is 18.2 Å². The summed E-state index contributed by atoms with van der Waals surface area (Å²) in [6.45, 7) is 12.6. The number of hydrogen-bond acceptors (Lipinski definition) is 2. The summed E-state index contributed by atoms with van der Waals surface area (Å²) in [5.74, 6) is 1.45. The van der Waals surface area contributed by atoms with E-state index >= 15 is 0 Å². The smallest absolute Gasteiger partial charge is 0.250 e. The summed E-state index contributed by atoms with van der Waals surface area (Å²) in [5, 5.41) is 0.129. The number of ether oxygens (including phenoxy) is 1. The van der Waals surface area contributed by atoms with Gasteiger partial charge in [-0.3, -0.25) is 0 Å². The molecule has 0 N–H and O–H groups in total. The number of alkyl halides is 1. The molecule has 20 heavy (non-hydrogen) atoms. The zero-order valence-corrected chi connectivity index (χ0v) is 14.7. The molecule has 0 heterocycles. The van der Waals surface area contributed by atoms with E-state index in [2.05, 4.69) is 33.9 Å². The maximum atomic E-state index is 13.1. The fourth-order valence-electron chi connectivity index (χ4n) is 1.68. The van der Waals surface area contributed by atoms with Gasteiger partial charge in [-0.15, -0.1) is 0 Å². The molecule has 1 rings (SSSR count). The highest BCUT2D eigenvalue weighted by Gasteiger charge is 2.39. The van der Waals surface area contributed by atoms with E-state index < -0.39 is 14.5 Å². The van der Waals surface area contributed by atoms with E-state index in [9.17, 15) is 4.39 Å². The van der Waals surface area contributed by atoms with E-state index in [-0.39, 0.29) is 5.04 Å². The van der Waals surface area contributed by atoms with Gasteiger partial charge in [0.15, 0.2) is 5.75 Å². The summed E-state index contributed by atoms with van der Waals surface area (Å²) in [4.78, 5) is 0. The first-order valence-corrected chi connectivity index (χ1v) is 9.97. The standard InChI is InChI=1S/C16H27FO2Si/c1-12(17)10-13-8-9-14(15(11-13)18-5)19-20(6,7)16(2,3)4/h8-9,11-12H,10H2,1-7H3. The molecular weight excluding hydrogens is 271 g/mol. The second-order valence-corrected chi connectivity index (χ2v) is 11.6. The van der Waals surface area contributed by atoms with Crippen molar-refractivity contribution in [2.45, 2.75) is 58.4 Å². The molecule has 4 heteroatoms. The number of halogens is 1. The summed E-state index contributed by atoms with van der Waals surface area (Å²) < 4.78 is 24.8. The molecule has 114 valence electrons. The SMILES string of the molecule is COc1cc(CC(C)F)ccc1O[Si](C)(C)C(C)(C)C. The van der Waals surface area contributed by atoms with Crippen LogP contribution in [0, 0.1) is 0 Å². The first-order chi connectivity index (χ1) is 9.06. The minimum Gasteiger partial charge on any atom is -0.541 e. The molecule has 0 aromatic heterocycles. The van der Waals surface area contributed by atoms with Crippen molar-refractivity contribution in [1.82, 2.24) is 0 Å². The molecule has 1 aromatic rings. The topological polar surface area (TPSA) is 18.5 Å². The van der Waals surface area contributed by atoms with Gasteiger partial charge in [0.05, 0.1) is 7.11 Å². The normalized spacial score (nSPS) is 14.0. The molecule has 0 aliphatic rings. The van der Waals surface area contributed by atoms with E-state index in [1.165, 1.54) is 0 Å². The molecule has 0 saturated heterocycles. The Kier molecular flexibility index (Phi) is 5.25. The predicted octanol–water partition coefficient (Wildman–Crippen LogP) is 4.98. The first-order valence-electron chi connectivity index (χ1n) is 7.07. The molecule has 1 unspecified atom stereocenters. The lowest BCUT2D eigenvalue weighted by molar-refractivity contribution is 0.357. The highest BCUT2D eigenvalue weighted by molar-refractivity contribution is 6.74. The molecule has 1 atom stereocenters. The molecular formula is C16H27FO2Si. The van der Waals surface area contributed by atoms with Gasteiger partial charge in [-0.2, -0.15) is 0 Å². The second kappa shape index (κ2) is 6.16. The Balaban J connectivity index is 3.02. The lowest BCUT2D eigenvalue weighted by Gasteiger charge is -2.36. The molecule has 0 aliphatic heterocycles. The molecule has 2 nitrogen and oxygen atoms in total. The van der Waals surface area contributed by atoms with Crippen molar-refractivity contribution in [1.29, 1.82) is 0 Å². The van der Waals surface area contributed by atoms with E-state index in [1.54, 1.807) is 14.0 Å². The minimum absolute atomic E-state index is 0.129. The lowest BCUT2D eigenvalue weighted by Crippen LogP contribution is -2.43. The van der Waals surface area contributed by atoms with Crippen molar-refractivity contribution in [2.24, 2.45) is 0 Å². The van der Waals surface area contributed by atoms with Crippen LogP contribution in [0.1, 0.15) is 33.3 Å². The van der Waals surface area contributed by atoms with Gasteiger partial charge in [-0.1, -0.05) is 26.8 Å². The van der Waals surface area contributed by atoms with Crippen LogP contribution in [0.5, 0.6) is 11.5 Å². The van der Waals surface area contributed by atoms with Gasteiger partial charge >= 0.3 is 0 Å². The number of hydrogen-bond donors (Lipinski definition) is 0. The van der Waals surface area contributed by atoms with Crippen LogP contribution in [-0.4, -0.2) is 21.6 Å². The summed E-state index contributed by atoms with van der Waals surface area (Å²) >= 11 is 0. The Morgan fingerprint density at radius 2 is 1.80 bits per heavy atom. The van der Waals surface area contributed by atoms with Crippen LogP contribution >= 0.6 is 0 Å². The zero-order chi connectivity index (χ0) is 15.6. The van der Waals surface area contributed by atoms with Crippen molar-refractivity contribution in [3.05, 3.63) is 23.8 Å². The Labute approximate surface area is 123 Å². The Hall–Kier alpha value is -1.03. The van der Waals surface area contributed by atoms with Crippen LogP contribution in [0.4, 0.5) is 4.39 Å². The van der Waals surface area contributed by atoms with Crippen molar-refractivity contribution >= 4 is 8.32 Å². The Morgan fingerprint density at radius 1 is 1.20 bits per heavy atom. The third-order valence-corrected chi connectivity index (χ3v) is 8.26. The van der Waals surface area contributed by atoms with Crippen molar-refractivity contribution < 1.29 is 13.6 Å². The quantitative estimate of drug-likeness (QED) is 0.714. The summed E-state index contributed by atoms with van der Waals surface area (Å²) in [6, 6.07) is 5.69. The molecule has 0 amide bonds. The predicted molar refractivity (Wildman–Crippen MR) is 85.1 cm³/mol. The van der Waals surface area contributed by atoms with Gasteiger partial charge < -0.3 is 9.16 Å². The summed E-state index contributed by atoms with van der Waals surface area (Å²) in [5.41, 5.74) is 0.930. The van der Waals surface area contributed by atoms with Gasteiger partial charge in [0, 0.05) is 6.42 Å². The van der Waals surface area contributed by atoms with Gasteiger partial charge in [0.2, 0.25) is 0 Å². The van der Waals surface area contributed by atoms with Crippen molar-refractivity contribution in [2.75, 3.05) is 7.11 Å². The van der Waals surface area contributed by atoms with Crippen LogP contribution in [0.2, 0.25) is 18.1 Å². The lowest BCUT2D eigenvalue weighted by atomic mass is 10.1. The molecule has 0 fully saturated rings. The van der Waals surface area contributed by atoms with Crippen LogP contribution < -0.4 is 9.16 Å². The highest BCUT2D eigenvalue weighted by Crippen LogP contribution is 2.40. The molecule has 0 bridgehead atoms. The summed E-state index contributed by atoms with van der Waals surface area (Å²) in [7, 11) is -0.275. The largest absolute Gasteiger partial charge is 0.541 e. The van der Waals surface area contributed by atoms with E-state index in [0.29, 0.717) is 12.2 Å². The molecule has 0 radical (unpaired) electrons. The Morgan fingerprint density at radius 3 is 2.25 bits per heavy atom. The molecule has 0 spiro atoms. The second-order valence-electron chi connectivity index (χ2n) is 6.83. The van der Waals surface area contributed by atoms with E-state index in [4.69, 9.17) is 9.16 Å². The average molecular weight is 298 g/mol. The third kappa shape index (κ3) is 4.23. The van der Waals surface area contributed by atoms with E-state index in [0.717, 1.165) is 11.3 Å². The van der Waals surface area contributed by atoms with Crippen molar-refractivity contribution in [3.63, 3.8) is 0 Å². The summed E-state index contributed by atoms with van der Waals surface area (Å²) in [6.07, 6.45) is -0.455. The minimum atomic E-state index is -1.90. The molecule has 0 saturated carbocycles.